The minimum atomic E-state index is -0.135. The normalized spacial score (nSPS) is 11.1. The predicted molar refractivity (Wildman–Crippen MR) is 71.2 cm³/mol. The molecule has 2 nitrogen and oxygen atoms in total. The second-order valence-corrected chi connectivity index (χ2v) is 4.61. The summed E-state index contributed by atoms with van der Waals surface area (Å²) in [7, 11) is 0. The Hall–Kier alpha value is -0.860. The van der Waals surface area contributed by atoms with Gasteiger partial charge in [0.15, 0.2) is 0 Å². The summed E-state index contributed by atoms with van der Waals surface area (Å²) in [6.07, 6.45) is 6.26. The van der Waals surface area contributed by atoms with Gasteiger partial charge >= 0.3 is 0 Å². The number of rotatable bonds is 8. The van der Waals surface area contributed by atoms with Crippen LogP contribution >= 0.6 is 0 Å². The summed E-state index contributed by atoms with van der Waals surface area (Å²) in [4.78, 5) is 0. The summed E-state index contributed by atoms with van der Waals surface area (Å²) < 4.78 is 0. The van der Waals surface area contributed by atoms with Crippen LogP contribution in [0.2, 0.25) is 0 Å². The molecule has 0 aliphatic heterocycles. The number of aliphatic hydroxyl groups excluding tert-OH is 2. The van der Waals surface area contributed by atoms with E-state index in [0.29, 0.717) is 0 Å². The molecule has 0 saturated carbocycles. The second-order valence-electron chi connectivity index (χ2n) is 4.61. The van der Waals surface area contributed by atoms with Gasteiger partial charge in [0.25, 0.3) is 0 Å². The Morgan fingerprint density at radius 3 is 2.12 bits per heavy atom. The van der Waals surface area contributed by atoms with Crippen LogP contribution in [0, 0.1) is 0 Å². The average Bonchev–Trinajstić information content (AvgIpc) is 2.38. The summed E-state index contributed by atoms with van der Waals surface area (Å²) in [6, 6.07) is 8.26. The fourth-order valence-electron chi connectivity index (χ4n) is 1.98. The molecule has 0 fully saturated rings. The Balaban J connectivity index is 2.44. The first-order chi connectivity index (χ1) is 8.31. The maximum Gasteiger partial charge on any atom is 0.0521 e. The van der Waals surface area contributed by atoms with Gasteiger partial charge in [0.2, 0.25) is 0 Å². The van der Waals surface area contributed by atoms with Crippen molar-refractivity contribution in [1.82, 2.24) is 0 Å². The molecular weight excluding hydrogens is 212 g/mol. The molecule has 0 unspecified atom stereocenters. The van der Waals surface area contributed by atoms with Crippen LogP contribution in [0.5, 0.6) is 0 Å². The van der Waals surface area contributed by atoms with Crippen molar-refractivity contribution in [3.8, 4) is 0 Å². The van der Waals surface area contributed by atoms with Gasteiger partial charge < -0.3 is 10.2 Å². The monoisotopic (exact) mass is 236 g/mol. The third-order valence-electron chi connectivity index (χ3n) is 3.21. The molecule has 1 rings (SSSR count). The molecule has 1 aromatic rings. The summed E-state index contributed by atoms with van der Waals surface area (Å²) >= 11 is 0. The van der Waals surface area contributed by atoms with Gasteiger partial charge in [-0.1, -0.05) is 50.5 Å². The number of hydrogen-bond donors (Lipinski definition) is 2. The van der Waals surface area contributed by atoms with E-state index in [-0.39, 0.29) is 19.1 Å². The fraction of sp³-hybridized carbons (Fsp3) is 0.600. The van der Waals surface area contributed by atoms with Gasteiger partial charge in [0.05, 0.1) is 13.2 Å². The molecule has 2 heteroatoms. The topological polar surface area (TPSA) is 40.5 Å². The molecule has 0 bridgehead atoms. The molecule has 0 aliphatic rings. The van der Waals surface area contributed by atoms with Crippen molar-refractivity contribution >= 4 is 0 Å². The minimum absolute atomic E-state index is 0.00630. The van der Waals surface area contributed by atoms with Crippen molar-refractivity contribution in [2.24, 2.45) is 0 Å². The van der Waals surface area contributed by atoms with Crippen LogP contribution in [-0.4, -0.2) is 23.4 Å². The zero-order valence-corrected chi connectivity index (χ0v) is 10.7. The molecule has 0 saturated heterocycles. The van der Waals surface area contributed by atoms with E-state index in [2.05, 4.69) is 19.1 Å². The van der Waals surface area contributed by atoms with E-state index in [9.17, 15) is 0 Å². The van der Waals surface area contributed by atoms with Crippen LogP contribution in [-0.2, 0) is 6.42 Å². The Morgan fingerprint density at radius 1 is 0.941 bits per heavy atom. The highest BCUT2D eigenvalue weighted by molar-refractivity contribution is 5.25. The van der Waals surface area contributed by atoms with Crippen LogP contribution in [0.25, 0.3) is 0 Å². The van der Waals surface area contributed by atoms with Crippen LogP contribution in [0.1, 0.15) is 49.7 Å². The van der Waals surface area contributed by atoms with Gasteiger partial charge in [-0.25, -0.2) is 0 Å². The maximum atomic E-state index is 9.09. The van der Waals surface area contributed by atoms with E-state index >= 15 is 0 Å². The molecule has 0 aromatic heterocycles. The Kier molecular flexibility index (Phi) is 6.90. The lowest BCUT2D eigenvalue weighted by Crippen LogP contribution is -2.08. The van der Waals surface area contributed by atoms with E-state index in [1.165, 1.54) is 31.2 Å². The van der Waals surface area contributed by atoms with Gasteiger partial charge in [0.1, 0.15) is 0 Å². The first-order valence-electron chi connectivity index (χ1n) is 6.62. The third kappa shape index (κ3) is 4.88. The van der Waals surface area contributed by atoms with Crippen LogP contribution in [0.3, 0.4) is 0 Å². The number of aliphatic hydroxyl groups is 2. The first-order valence-corrected chi connectivity index (χ1v) is 6.62. The molecule has 0 amide bonds. The second kappa shape index (κ2) is 8.26. The lowest BCUT2D eigenvalue weighted by Gasteiger charge is -2.11. The van der Waals surface area contributed by atoms with Crippen molar-refractivity contribution in [1.29, 1.82) is 0 Å². The molecule has 0 radical (unpaired) electrons. The predicted octanol–water partition coefficient (Wildman–Crippen LogP) is 2.88. The highest BCUT2D eigenvalue weighted by atomic mass is 16.3. The largest absolute Gasteiger partial charge is 0.396 e. The van der Waals surface area contributed by atoms with Gasteiger partial charge in [-0.2, -0.15) is 0 Å². The average molecular weight is 236 g/mol. The molecule has 2 N–H and O–H groups in total. The molecular formula is C15H24O2. The zero-order valence-electron chi connectivity index (χ0n) is 10.7. The molecule has 0 aliphatic carbocycles. The van der Waals surface area contributed by atoms with Crippen molar-refractivity contribution in [3.63, 3.8) is 0 Å². The quantitative estimate of drug-likeness (QED) is 0.681. The van der Waals surface area contributed by atoms with Gasteiger partial charge in [-0.05, 0) is 24.0 Å². The van der Waals surface area contributed by atoms with E-state index in [1.54, 1.807) is 0 Å². The van der Waals surface area contributed by atoms with Gasteiger partial charge in [-0.3, -0.25) is 0 Å². The minimum Gasteiger partial charge on any atom is -0.396 e. The van der Waals surface area contributed by atoms with Gasteiger partial charge in [-0.15, -0.1) is 0 Å². The molecule has 17 heavy (non-hydrogen) atoms. The van der Waals surface area contributed by atoms with Crippen molar-refractivity contribution < 1.29 is 10.2 Å². The molecule has 0 heterocycles. The van der Waals surface area contributed by atoms with Crippen molar-refractivity contribution in [2.45, 2.75) is 44.9 Å². The maximum absolute atomic E-state index is 9.09. The summed E-state index contributed by atoms with van der Waals surface area (Å²) in [5, 5.41) is 18.2. The lowest BCUT2D eigenvalue weighted by atomic mass is 9.98. The summed E-state index contributed by atoms with van der Waals surface area (Å²) in [5.41, 5.74) is 2.37. The summed E-state index contributed by atoms with van der Waals surface area (Å²) in [5.74, 6) is -0.135. The van der Waals surface area contributed by atoms with Crippen LogP contribution in [0.4, 0.5) is 0 Å². The fourth-order valence-corrected chi connectivity index (χ4v) is 1.98. The zero-order chi connectivity index (χ0) is 12.5. The number of aryl methyl sites for hydroxylation is 1. The van der Waals surface area contributed by atoms with Crippen LogP contribution in [0.15, 0.2) is 24.3 Å². The van der Waals surface area contributed by atoms with E-state index in [0.717, 1.165) is 12.0 Å². The Labute approximate surface area is 104 Å². The Bertz CT molecular complexity index is 288. The highest BCUT2D eigenvalue weighted by Crippen LogP contribution is 2.16. The number of hydrogen-bond acceptors (Lipinski definition) is 2. The van der Waals surface area contributed by atoms with Crippen LogP contribution < -0.4 is 0 Å². The number of unbranched alkanes of at least 4 members (excludes halogenated alkanes) is 3. The third-order valence-corrected chi connectivity index (χ3v) is 3.21. The lowest BCUT2D eigenvalue weighted by molar-refractivity contribution is 0.192. The molecule has 96 valence electrons. The van der Waals surface area contributed by atoms with E-state index in [4.69, 9.17) is 10.2 Å². The summed E-state index contributed by atoms with van der Waals surface area (Å²) in [6.45, 7) is 2.23. The smallest absolute Gasteiger partial charge is 0.0521 e. The standard InChI is InChI=1S/C15H24O2/c1-2-3-4-5-6-13-7-9-14(10-8-13)15(11-16)12-17/h7-10,15-17H,2-6,11-12H2,1H3. The highest BCUT2D eigenvalue weighted by Gasteiger charge is 2.08. The molecule has 0 spiro atoms. The first kappa shape index (κ1) is 14.2. The van der Waals surface area contributed by atoms with Gasteiger partial charge in [0, 0.05) is 5.92 Å². The molecule has 0 atom stereocenters. The van der Waals surface area contributed by atoms with E-state index in [1.807, 2.05) is 12.1 Å². The Morgan fingerprint density at radius 2 is 1.59 bits per heavy atom. The SMILES string of the molecule is CCCCCCc1ccc(C(CO)CO)cc1. The van der Waals surface area contributed by atoms with Crippen molar-refractivity contribution in [3.05, 3.63) is 35.4 Å². The van der Waals surface area contributed by atoms with E-state index < -0.39 is 0 Å². The van der Waals surface area contributed by atoms with Crippen molar-refractivity contribution in [2.75, 3.05) is 13.2 Å². The molecule has 1 aromatic carbocycles. The number of benzene rings is 1.